The van der Waals surface area contributed by atoms with Crippen molar-refractivity contribution in [1.29, 1.82) is 0 Å². The molecule has 0 fully saturated rings. The molecule has 1 aromatic heterocycles. The molecule has 0 amide bonds. The van der Waals surface area contributed by atoms with Crippen molar-refractivity contribution in [3.8, 4) is 0 Å². The maximum absolute atomic E-state index is 5.98. The first kappa shape index (κ1) is 14.5. The van der Waals surface area contributed by atoms with E-state index in [0.717, 1.165) is 32.9 Å². The van der Waals surface area contributed by atoms with Crippen LogP contribution in [0, 0.1) is 0 Å². The zero-order valence-corrected chi connectivity index (χ0v) is 13.5. The zero-order chi connectivity index (χ0) is 13.8. The predicted molar refractivity (Wildman–Crippen MR) is 85.3 cm³/mol. The Morgan fingerprint density at radius 2 is 2.21 bits per heavy atom. The molecular weight excluding hydrogens is 322 g/mol. The van der Waals surface area contributed by atoms with E-state index in [2.05, 4.69) is 47.1 Å². The van der Waals surface area contributed by atoms with Crippen molar-refractivity contribution in [3.63, 3.8) is 0 Å². The molecule has 1 aromatic carbocycles. The maximum Gasteiger partial charge on any atom is 0.0727 e. The summed E-state index contributed by atoms with van der Waals surface area (Å²) < 4.78 is 3.04. The van der Waals surface area contributed by atoms with Crippen LogP contribution in [0.15, 0.2) is 39.8 Å². The molecule has 0 spiro atoms. The minimum Gasteiger partial charge on any atom is -0.398 e. The zero-order valence-electron chi connectivity index (χ0n) is 11.1. The smallest absolute Gasteiger partial charge is 0.0727 e. The average molecular weight is 340 g/mol. The van der Waals surface area contributed by atoms with Crippen molar-refractivity contribution in [1.82, 2.24) is 9.78 Å². The molecule has 2 aromatic rings. The number of hydrogen-bond acceptors (Lipinski definition) is 3. The van der Waals surface area contributed by atoms with E-state index in [1.54, 1.807) is 11.8 Å². The van der Waals surface area contributed by atoms with Crippen molar-refractivity contribution < 1.29 is 0 Å². The lowest BCUT2D eigenvalue weighted by Crippen LogP contribution is -2.04. The third-order valence-electron chi connectivity index (χ3n) is 3.05. The van der Waals surface area contributed by atoms with Crippen LogP contribution in [-0.2, 0) is 5.75 Å². The fourth-order valence-corrected chi connectivity index (χ4v) is 2.92. The van der Waals surface area contributed by atoms with E-state index in [4.69, 9.17) is 5.73 Å². The summed E-state index contributed by atoms with van der Waals surface area (Å²) in [7, 11) is 0. The highest BCUT2D eigenvalue weighted by molar-refractivity contribution is 9.10. The third-order valence-corrected chi connectivity index (χ3v) is 4.67. The molecule has 0 bridgehead atoms. The second kappa shape index (κ2) is 6.48. The van der Waals surface area contributed by atoms with Crippen LogP contribution in [0.4, 0.5) is 5.69 Å². The van der Waals surface area contributed by atoms with Gasteiger partial charge in [-0.2, -0.15) is 5.10 Å². The fraction of sp³-hybridized carbons (Fsp3) is 0.357. The van der Waals surface area contributed by atoms with Gasteiger partial charge in [0.1, 0.15) is 0 Å². The summed E-state index contributed by atoms with van der Waals surface area (Å²) in [4.78, 5) is 1.10. The largest absolute Gasteiger partial charge is 0.398 e. The molecule has 0 saturated heterocycles. The maximum atomic E-state index is 5.98. The van der Waals surface area contributed by atoms with Crippen LogP contribution < -0.4 is 5.73 Å². The minimum absolute atomic E-state index is 0.455. The third kappa shape index (κ3) is 3.76. The summed E-state index contributed by atoms with van der Waals surface area (Å²) in [5.74, 6) is 0.843. The van der Waals surface area contributed by atoms with Crippen molar-refractivity contribution >= 4 is 33.4 Å². The SMILES string of the molecule is CCC(C)n1ccc(CSc2ccc(Br)cc2N)n1. The fourth-order valence-electron chi connectivity index (χ4n) is 1.69. The van der Waals surface area contributed by atoms with E-state index in [-0.39, 0.29) is 0 Å². The molecule has 1 heterocycles. The molecule has 2 N–H and O–H groups in total. The summed E-state index contributed by atoms with van der Waals surface area (Å²) in [6.07, 6.45) is 3.14. The molecule has 102 valence electrons. The van der Waals surface area contributed by atoms with Crippen molar-refractivity contribution in [3.05, 3.63) is 40.6 Å². The Morgan fingerprint density at radius 3 is 2.89 bits per heavy atom. The topological polar surface area (TPSA) is 43.8 Å². The number of nitrogens with two attached hydrogens (primary N) is 1. The first-order chi connectivity index (χ1) is 9.10. The number of halogens is 1. The summed E-state index contributed by atoms with van der Waals surface area (Å²) >= 11 is 5.13. The van der Waals surface area contributed by atoms with Gasteiger partial charge in [-0.1, -0.05) is 22.9 Å². The van der Waals surface area contributed by atoms with E-state index in [9.17, 15) is 0 Å². The molecule has 1 atom stereocenters. The Balaban J connectivity index is 2.00. The number of hydrogen-bond donors (Lipinski definition) is 1. The first-order valence-electron chi connectivity index (χ1n) is 6.32. The Hall–Kier alpha value is -0.940. The van der Waals surface area contributed by atoms with Gasteiger partial charge in [-0.3, -0.25) is 4.68 Å². The number of nitrogen functional groups attached to an aromatic ring is 1. The molecule has 0 aliphatic carbocycles. The second-order valence-electron chi connectivity index (χ2n) is 4.52. The Morgan fingerprint density at radius 1 is 1.42 bits per heavy atom. The normalized spacial score (nSPS) is 12.6. The minimum atomic E-state index is 0.455. The molecule has 2 rings (SSSR count). The van der Waals surface area contributed by atoms with E-state index < -0.39 is 0 Å². The molecule has 0 saturated carbocycles. The van der Waals surface area contributed by atoms with Crippen LogP contribution in [0.5, 0.6) is 0 Å². The lowest BCUT2D eigenvalue weighted by atomic mass is 10.3. The van der Waals surface area contributed by atoms with Crippen LogP contribution in [-0.4, -0.2) is 9.78 Å². The van der Waals surface area contributed by atoms with Crippen molar-refractivity contribution in [2.75, 3.05) is 5.73 Å². The Bertz CT molecular complexity index is 553. The highest BCUT2D eigenvalue weighted by atomic mass is 79.9. The standard InChI is InChI=1S/C14H18BrN3S/c1-3-10(2)18-7-6-12(17-18)9-19-14-5-4-11(15)8-13(14)16/h4-8,10H,3,9,16H2,1-2H3. The van der Waals surface area contributed by atoms with Crippen LogP contribution in [0.3, 0.4) is 0 Å². The van der Waals surface area contributed by atoms with E-state index in [1.807, 2.05) is 22.9 Å². The van der Waals surface area contributed by atoms with Gasteiger partial charge in [0.15, 0.2) is 0 Å². The van der Waals surface area contributed by atoms with Gasteiger partial charge in [0.2, 0.25) is 0 Å². The van der Waals surface area contributed by atoms with E-state index >= 15 is 0 Å². The van der Waals surface area contributed by atoms with Crippen LogP contribution in [0.2, 0.25) is 0 Å². The van der Waals surface area contributed by atoms with Gasteiger partial charge in [0.25, 0.3) is 0 Å². The molecule has 0 radical (unpaired) electrons. The van der Waals surface area contributed by atoms with Gasteiger partial charge >= 0.3 is 0 Å². The summed E-state index contributed by atoms with van der Waals surface area (Å²) in [6.45, 7) is 4.35. The lowest BCUT2D eigenvalue weighted by Gasteiger charge is -2.08. The number of benzene rings is 1. The predicted octanol–water partition coefficient (Wildman–Crippen LogP) is 4.49. The van der Waals surface area contributed by atoms with E-state index in [1.165, 1.54) is 0 Å². The van der Waals surface area contributed by atoms with Gasteiger partial charge in [0, 0.05) is 33.0 Å². The molecule has 5 heteroatoms. The van der Waals surface area contributed by atoms with Gasteiger partial charge in [-0.15, -0.1) is 11.8 Å². The molecule has 19 heavy (non-hydrogen) atoms. The number of rotatable bonds is 5. The second-order valence-corrected chi connectivity index (χ2v) is 6.45. The molecule has 1 unspecified atom stereocenters. The Kier molecular flexibility index (Phi) is 4.93. The van der Waals surface area contributed by atoms with Gasteiger partial charge < -0.3 is 5.73 Å². The molecule has 3 nitrogen and oxygen atoms in total. The quantitative estimate of drug-likeness (QED) is 0.644. The van der Waals surface area contributed by atoms with Crippen LogP contribution in [0.25, 0.3) is 0 Å². The van der Waals surface area contributed by atoms with Crippen LogP contribution in [0.1, 0.15) is 32.0 Å². The summed E-state index contributed by atoms with van der Waals surface area (Å²) in [5, 5.41) is 4.59. The highest BCUT2D eigenvalue weighted by Gasteiger charge is 2.06. The lowest BCUT2D eigenvalue weighted by molar-refractivity contribution is 0.475. The van der Waals surface area contributed by atoms with Gasteiger partial charge in [-0.25, -0.2) is 0 Å². The number of anilines is 1. The summed E-state index contributed by atoms with van der Waals surface area (Å²) in [5.41, 5.74) is 7.88. The van der Waals surface area contributed by atoms with Gasteiger partial charge in [-0.05, 0) is 37.6 Å². The average Bonchev–Trinajstić information content (AvgIpc) is 2.85. The highest BCUT2D eigenvalue weighted by Crippen LogP contribution is 2.30. The number of thioether (sulfide) groups is 1. The molecule has 0 aliphatic heterocycles. The number of nitrogens with zero attached hydrogens (tertiary/aromatic N) is 2. The van der Waals surface area contributed by atoms with Crippen molar-refractivity contribution in [2.45, 2.75) is 37.0 Å². The first-order valence-corrected chi connectivity index (χ1v) is 8.10. The van der Waals surface area contributed by atoms with Gasteiger partial charge in [0.05, 0.1) is 5.69 Å². The van der Waals surface area contributed by atoms with Crippen LogP contribution >= 0.6 is 27.7 Å². The summed E-state index contributed by atoms with van der Waals surface area (Å²) in [6, 6.07) is 8.51. The van der Waals surface area contributed by atoms with Crippen molar-refractivity contribution in [2.24, 2.45) is 0 Å². The molecule has 0 aliphatic rings. The molecular formula is C14H18BrN3S. The van der Waals surface area contributed by atoms with E-state index in [0.29, 0.717) is 6.04 Å². The monoisotopic (exact) mass is 339 g/mol. The number of aromatic nitrogens is 2. The Labute approximate surface area is 126 Å².